The zero-order valence-electron chi connectivity index (χ0n) is 6.20. The van der Waals surface area contributed by atoms with Gasteiger partial charge in [0, 0.05) is 14.1 Å². The minimum absolute atomic E-state index is 0. The van der Waals surface area contributed by atoms with Gasteiger partial charge in [0.05, 0.1) is 0 Å². The van der Waals surface area contributed by atoms with Crippen molar-refractivity contribution in [2.45, 2.75) is 0 Å². The standard InChI is InChI=1S/C3H7NO.CH2O3.K/c1-4(2)3-5;2-1(3)4;/h3H,1-2H3;(H2,2,3,4);/q;;+1/p-1. The fraction of sp³-hybridized carbons (Fsp3) is 0.500. The van der Waals surface area contributed by atoms with Gasteiger partial charge in [0.25, 0.3) is 0 Å². The Morgan fingerprint density at radius 3 is 1.70 bits per heavy atom. The van der Waals surface area contributed by atoms with Gasteiger partial charge in [-0.1, -0.05) is 0 Å². The van der Waals surface area contributed by atoms with E-state index in [0.717, 1.165) is 6.41 Å². The molecule has 0 unspecified atom stereocenters. The number of hydrogen-bond donors (Lipinski definition) is 1. The van der Waals surface area contributed by atoms with E-state index < -0.39 is 6.16 Å². The summed E-state index contributed by atoms with van der Waals surface area (Å²) < 4.78 is 0. The maximum absolute atomic E-state index is 9.43. The minimum atomic E-state index is -2.08. The first-order chi connectivity index (χ1) is 4.00. The van der Waals surface area contributed by atoms with Crippen molar-refractivity contribution >= 4 is 12.6 Å². The molecule has 0 spiro atoms. The van der Waals surface area contributed by atoms with Crippen LogP contribution in [0.25, 0.3) is 0 Å². The molecular weight excluding hydrogens is 165 g/mol. The van der Waals surface area contributed by atoms with Gasteiger partial charge in [0.2, 0.25) is 12.6 Å². The molecule has 0 fully saturated rings. The van der Waals surface area contributed by atoms with Crippen LogP contribution < -0.4 is 56.5 Å². The van der Waals surface area contributed by atoms with Crippen molar-refractivity contribution < 1.29 is 71.2 Å². The third kappa shape index (κ3) is 80.7. The zero-order chi connectivity index (χ0) is 7.86. The molecule has 0 saturated carbocycles. The number of carbonyl (C=O) groups is 2. The van der Waals surface area contributed by atoms with Crippen molar-refractivity contribution in [2.24, 2.45) is 0 Å². The molecule has 1 amide bonds. The third-order valence-corrected chi connectivity index (χ3v) is 0.211. The molecule has 0 aromatic rings. The van der Waals surface area contributed by atoms with Crippen LogP contribution >= 0.6 is 0 Å². The molecule has 0 atom stereocenters. The Labute approximate surface area is 101 Å². The predicted octanol–water partition coefficient (Wildman–Crippen LogP) is -4.40. The van der Waals surface area contributed by atoms with Gasteiger partial charge >= 0.3 is 51.4 Å². The van der Waals surface area contributed by atoms with Crippen molar-refractivity contribution in [3.8, 4) is 0 Å². The molecule has 0 aliphatic heterocycles. The first-order valence-electron chi connectivity index (χ1n) is 2.02. The molecule has 10 heavy (non-hydrogen) atoms. The van der Waals surface area contributed by atoms with Crippen molar-refractivity contribution in [3.63, 3.8) is 0 Å². The van der Waals surface area contributed by atoms with Crippen LogP contribution in [0.4, 0.5) is 4.79 Å². The maximum Gasteiger partial charge on any atom is 1.00 e. The number of carbonyl (C=O) groups excluding carboxylic acids is 1. The molecule has 1 N–H and O–H groups in total. The fourth-order valence-corrected chi connectivity index (χ4v) is 0. The summed E-state index contributed by atoms with van der Waals surface area (Å²) >= 11 is 0. The van der Waals surface area contributed by atoms with Gasteiger partial charge in [-0.2, -0.15) is 0 Å². The Morgan fingerprint density at radius 1 is 1.60 bits per heavy atom. The van der Waals surface area contributed by atoms with E-state index in [1.165, 1.54) is 4.90 Å². The molecule has 0 aliphatic carbocycles. The Bertz CT molecular complexity index is 91.3. The molecule has 54 valence electrons. The molecule has 0 aliphatic rings. The van der Waals surface area contributed by atoms with Crippen LogP contribution in [0.2, 0.25) is 0 Å². The van der Waals surface area contributed by atoms with E-state index in [1.54, 1.807) is 14.1 Å². The van der Waals surface area contributed by atoms with Gasteiger partial charge in [-0.05, 0) is 0 Å². The summed E-state index contributed by atoms with van der Waals surface area (Å²) in [6.07, 6.45) is -1.33. The Morgan fingerprint density at radius 2 is 1.70 bits per heavy atom. The summed E-state index contributed by atoms with van der Waals surface area (Å²) in [4.78, 5) is 19.3. The molecule has 0 heterocycles. The monoisotopic (exact) mass is 173 g/mol. The van der Waals surface area contributed by atoms with Crippen molar-refractivity contribution in [3.05, 3.63) is 0 Å². The van der Waals surface area contributed by atoms with Crippen LogP contribution in [0.5, 0.6) is 0 Å². The molecule has 0 saturated heterocycles. The number of hydrogen-bond acceptors (Lipinski definition) is 3. The Hall–Kier alpha value is 0.376. The summed E-state index contributed by atoms with van der Waals surface area (Å²) in [6, 6.07) is 0. The predicted molar refractivity (Wildman–Crippen MR) is 27.8 cm³/mol. The van der Waals surface area contributed by atoms with E-state index >= 15 is 0 Å². The summed E-state index contributed by atoms with van der Waals surface area (Å²) in [5.74, 6) is 0. The Kier molecular flexibility index (Phi) is 20.3. The minimum Gasteiger partial charge on any atom is -0.565 e. The van der Waals surface area contributed by atoms with E-state index in [2.05, 4.69) is 0 Å². The molecule has 0 aromatic carbocycles. The second-order valence-corrected chi connectivity index (χ2v) is 1.33. The van der Waals surface area contributed by atoms with Gasteiger partial charge in [-0.15, -0.1) is 0 Å². The molecule has 0 rings (SSSR count). The molecule has 0 aromatic heterocycles. The summed E-state index contributed by atoms with van der Waals surface area (Å²) in [5.41, 5.74) is 0. The number of amides is 1. The van der Waals surface area contributed by atoms with Gasteiger partial charge in [0.15, 0.2) is 0 Å². The van der Waals surface area contributed by atoms with Crippen LogP contribution in [-0.2, 0) is 4.79 Å². The second-order valence-electron chi connectivity index (χ2n) is 1.33. The maximum atomic E-state index is 9.43. The molecule has 0 bridgehead atoms. The quantitative estimate of drug-likeness (QED) is 0.321. The molecule has 5 nitrogen and oxygen atoms in total. The molecule has 0 radical (unpaired) electrons. The van der Waals surface area contributed by atoms with Gasteiger partial charge in [0.1, 0.15) is 0 Å². The molecule has 6 heteroatoms. The Balaban J connectivity index is -0.0000000910. The van der Waals surface area contributed by atoms with Crippen LogP contribution in [-0.4, -0.2) is 36.7 Å². The first-order valence-corrected chi connectivity index (χ1v) is 2.02. The smallest absolute Gasteiger partial charge is 0.565 e. The van der Waals surface area contributed by atoms with Crippen molar-refractivity contribution in [1.82, 2.24) is 4.90 Å². The largest absolute Gasteiger partial charge is 1.00 e. The summed E-state index contributed by atoms with van der Waals surface area (Å²) in [6.45, 7) is 0. The third-order valence-electron chi connectivity index (χ3n) is 0.211. The summed E-state index contributed by atoms with van der Waals surface area (Å²) in [7, 11) is 3.38. The average Bonchev–Trinajstić information content (AvgIpc) is 1.65. The average molecular weight is 173 g/mol. The summed E-state index contributed by atoms with van der Waals surface area (Å²) in [5, 5.41) is 15.3. The topological polar surface area (TPSA) is 80.7 Å². The van der Waals surface area contributed by atoms with Gasteiger partial charge in [-0.25, -0.2) is 0 Å². The van der Waals surface area contributed by atoms with E-state index in [4.69, 9.17) is 15.0 Å². The van der Waals surface area contributed by atoms with E-state index in [1.807, 2.05) is 0 Å². The van der Waals surface area contributed by atoms with Crippen LogP contribution in [0, 0.1) is 0 Å². The van der Waals surface area contributed by atoms with E-state index in [9.17, 15) is 4.79 Å². The number of nitrogens with zero attached hydrogens (tertiary/aromatic N) is 1. The van der Waals surface area contributed by atoms with Crippen LogP contribution in [0.1, 0.15) is 0 Å². The van der Waals surface area contributed by atoms with Gasteiger partial charge in [-0.3, -0.25) is 4.79 Å². The van der Waals surface area contributed by atoms with E-state index in [-0.39, 0.29) is 51.4 Å². The normalized spacial score (nSPS) is 5.80. The van der Waals surface area contributed by atoms with Gasteiger partial charge < -0.3 is 19.9 Å². The number of carboxylic acid groups (broad SMARTS) is 2. The number of rotatable bonds is 1. The van der Waals surface area contributed by atoms with Crippen molar-refractivity contribution in [1.29, 1.82) is 0 Å². The zero-order valence-corrected chi connectivity index (χ0v) is 9.32. The second kappa shape index (κ2) is 12.1. The SMILES string of the molecule is CN(C)C=O.O=C([O-])O.[K+]. The molecular formula is C4H8KNO4. The van der Waals surface area contributed by atoms with Crippen LogP contribution in [0.3, 0.4) is 0 Å². The first kappa shape index (κ1) is 16.8. The van der Waals surface area contributed by atoms with Crippen LogP contribution in [0.15, 0.2) is 0 Å². The van der Waals surface area contributed by atoms with E-state index in [0.29, 0.717) is 0 Å². The van der Waals surface area contributed by atoms with Crippen molar-refractivity contribution in [2.75, 3.05) is 14.1 Å². The fourth-order valence-electron chi connectivity index (χ4n) is 0.